The van der Waals surface area contributed by atoms with Crippen molar-refractivity contribution in [3.05, 3.63) is 29.8 Å². The Kier molecular flexibility index (Phi) is 4.97. The number of nitrogens with one attached hydrogen (secondary N) is 1. The van der Waals surface area contributed by atoms with Crippen LogP contribution in [0.5, 0.6) is 0 Å². The lowest BCUT2D eigenvalue weighted by Crippen LogP contribution is -2.44. The van der Waals surface area contributed by atoms with Gasteiger partial charge in [0.15, 0.2) is 0 Å². The monoisotopic (exact) mass is 376 g/mol. The molecule has 0 bridgehead atoms. The fourth-order valence-corrected chi connectivity index (χ4v) is 5.73. The van der Waals surface area contributed by atoms with E-state index in [0.717, 1.165) is 35.9 Å². The molecule has 0 radical (unpaired) electrons. The summed E-state index contributed by atoms with van der Waals surface area (Å²) in [7, 11) is -3.37. The second kappa shape index (κ2) is 7.24. The Balaban J connectivity index is 1.69. The minimum Gasteiger partial charge on any atom is -0.439 e. The lowest BCUT2D eigenvalue weighted by Gasteiger charge is -2.42. The first-order chi connectivity index (χ1) is 12.6. The molecule has 142 valence electrons. The van der Waals surface area contributed by atoms with Crippen molar-refractivity contribution >= 4 is 26.9 Å². The summed E-state index contributed by atoms with van der Waals surface area (Å²) >= 11 is 0. The number of hydrogen-bond acceptors (Lipinski definition) is 4. The van der Waals surface area contributed by atoms with Crippen molar-refractivity contribution in [3.63, 3.8) is 0 Å². The van der Waals surface area contributed by atoms with Crippen molar-refractivity contribution in [1.29, 1.82) is 0 Å². The normalized spacial score (nSPS) is 24.5. The van der Waals surface area contributed by atoms with Crippen LogP contribution in [0.3, 0.4) is 0 Å². The maximum absolute atomic E-state index is 12.4. The van der Waals surface area contributed by atoms with Crippen molar-refractivity contribution in [2.75, 3.05) is 23.6 Å². The summed E-state index contributed by atoms with van der Waals surface area (Å²) in [5.74, 6) is 0.899. The molecule has 2 atom stereocenters. The van der Waals surface area contributed by atoms with E-state index in [2.05, 4.69) is 15.7 Å². The fraction of sp³-hybridized carbons (Fsp3) is 0.600. The van der Waals surface area contributed by atoms with E-state index in [1.54, 1.807) is 0 Å². The standard InChI is InChI=1S/C20H28N2O3S/c1-2-13-26(23,24)21-20-19(17-8-3-4-9-18(17)25-20)15-10-12-22-11-6-5-7-16(22)14-15/h3-4,8-9,15-16,21H,2,5-7,10-14H2,1H3. The Morgan fingerprint density at radius 2 is 2.04 bits per heavy atom. The molecule has 0 spiro atoms. The number of fused-ring (bicyclic) bond motifs is 2. The molecule has 0 saturated carbocycles. The van der Waals surface area contributed by atoms with E-state index in [-0.39, 0.29) is 5.75 Å². The predicted molar refractivity (Wildman–Crippen MR) is 105 cm³/mol. The van der Waals surface area contributed by atoms with Gasteiger partial charge in [0.05, 0.1) is 5.75 Å². The van der Waals surface area contributed by atoms with E-state index < -0.39 is 10.0 Å². The Morgan fingerprint density at radius 3 is 2.88 bits per heavy atom. The van der Waals surface area contributed by atoms with E-state index >= 15 is 0 Å². The van der Waals surface area contributed by atoms with E-state index in [0.29, 0.717) is 24.3 Å². The second-order valence-corrected chi connectivity index (χ2v) is 9.51. The molecule has 0 aliphatic carbocycles. The van der Waals surface area contributed by atoms with Crippen LogP contribution in [0.1, 0.15) is 56.9 Å². The van der Waals surface area contributed by atoms with Crippen LogP contribution < -0.4 is 4.72 Å². The number of piperidine rings is 2. The Morgan fingerprint density at radius 1 is 1.19 bits per heavy atom. The molecule has 2 aliphatic rings. The van der Waals surface area contributed by atoms with Gasteiger partial charge in [-0.15, -0.1) is 0 Å². The maximum Gasteiger partial charge on any atom is 0.234 e. The van der Waals surface area contributed by atoms with Crippen LogP contribution in [-0.4, -0.2) is 38.2 Å². The van der Waals surface area contributed by atoms with Crippen LogP contribution >= 0.6 is 0 Å². The molecule has 3 heterocycles. The SMILES string of the molecule is CCCS(=O)(=O)Nc1oc2ccccc2c1C1CCN2CCCCC2C1. The van der Waals surface area contributed by atoms with Crippen molar-refractivity contribution in [2.45, 2.75) is 57.4 Å². The smallest absolute Gasteiger partial charge is 0.234 e. The minimum absolute atomic E-state index is 0.116. The molecule has 5 nitrogen and oxygen atoms in total. The zero-order valence-electron chi connectivity index (χ0n) is 15.4. The average Bonchev–Trinajstić information content (AvgIpc) is 2.98. The van der Waals surface area contributed by atoms with Crippen LogP contribution in [-0.2, 0) is 10.0 Å². The summed E-state index contributed by atoms with van der Waals surface area (Å²) < 4.78 is 33.4. The van der Waals surface area contributed by atoms with Crippen LogP contribution in [0.4, 0.5) is 5.88 Å². The van der Waals surface area contributed by atoms with Gasteiger partial charge in [-0.3, -0.25) is 4.72 Å². The summed E-state index contributed by atoms with van der Waals surface area (Å²) in [4.78, 5) is 2.61. The highest BCUT2D eigenvalue weighted by Gasteiger charge is 2.34. The van der Waals surface area contributed by atoms with Gasteiger partial charge in [-0.1, -0.05) is 31.5 Å². The first-order valence-electron chi connectivity index (χ1n) is 9.83. The highest BCUT2D eigenvalue weighted by atomic mass is 32.2. The zero-order chi connectivity index (χ0) is 18.1. The molecule has 4 rings (SSSR count). The number of para-hydroxylation sites is 1. The number of rotatable bonds is 5. The molecular formula is C20H28N2O3S. The Bertz CT molecular complexity index is 874. The Labute approximate surface area is 155 Å². The van der Waals surface area contributed by atoms with Crippen molar-refractivity contribution in [1.82, 2.24) is 4.90 Å². The predicted octanol–water partition coefficient (Wildman–Crippen LogP) is 4.32. The van der Waals surface area contributed by atoms with Crippen LogP contribution in [0, 0.1) is 0 Å². The van der Waals surface area contributed by atoms with Gasteiger partial charge in [-0.25, -0.2) is 8.42 Å². The summed E-state index contributed by atoms with van der Waals surface area (Å²) in [5.41, 5.74) is 1.83. The van der Waals surface area contributed by atoms with E-state index in [1.807, 2.05) is 25.1 Å². The van der Waals surface area contributed by atoms with Crippen LogP contribution in [0.25, 0.3) is 11.0 Å². The molecule has 26 heavy (non-hydrogen) atoms. The van der Waals surface area contributed by atoms with Gasteiger partial charge in [0.2, 0.25) is 15.9 Å². The first-order valence-corrected chi connectivity index (χ1v) is 11.5. The number of furan rings is 1. The van der Waals surface area contributed by atoms with E-state index in [9.17, 15) is 8.42 Å². The maximum atomic E-state index is 12.4. The molecule has 2 unspecified atom stereocenters. The quantitative estimate of drug-likeness (QED) is 0.844. The van der Waals surface area contributed by atoms with Gasteiger partial charge in [-0.2, -0.15) is 0 Å². The minimum atomic E-state index is -3.37. The number of anilines is 1. The van der Waals surface area contributed by atoms with Gasteiger partial charge in [-0.05, 0) is 57.2 Å². The molecule has 0 amide bonds. The third-order valence-corrected chi connectivity index (χ3v) is 7.28. The van der Waals surface area contributed by atoms with Gasteiger partial charge < -0.3 is 9.32 Å². The summed E-state index contributed by atoms with van der Waals surface area (Å²) in [5, 5.41) is 1.05. The largest absolute Gasteiger partial charge is 0.439 e. The van der Waals surface area contributed by atoms with Gasteiger partial charge in [0.25, 0.3) is 0 Å². The number of nitrogens with zero attached hydrogens (tertiary/aromatic N) is 1. The Hall–Kier alpha value is -1.53. The molecule has 1 aromatic carbocycles. The highest BCUT2D eigenvalue weighted by Crippen LogP contribution is 2.43. The summed E-state index contributed by atoms with van der Waals surface area (Å²) in [6.45, 7) is 4.17. The average molecular weight is 377 g/mol. The van der Waals surface area contributed by atoms with Crippen LogP contribution in [0.2, 0.25) is 0 Å². The van der Waals surface area contributed by atoms with E-state index in [4.69, 9.17) is 4.42 Å². The molecule has 2 fully saturated rings. The molecule has 2 aliphatic heterocycles. The lowest BCUT2D eigenvalue weighted by molar-refractivity contribution is 0.0977. The van der Waals surface area contributed by atoms with Crippen molar-refractivity contribution < 1.29 is 12.8 Å². The van der Waals surface area contributed by atoms with Gasteiger partial charge >= 0.3 is 0 Å². The third-order valence-electron chi connectivity index (χ3n) is 5.83. The fourth-order valence-electron chi connectivity index (χ4n) is 4.66. The third kappa shape index (κ3) is 3.49. The van der Waals surface area contributed by atoms with Crippen molar-refractivity contribution in [2.24, 2.45) is 0 Å². The first kappa shape index (κ1) is 17.9. The van der Waals surface area contributed by atoms with Crippen molar-refractivity contribution in [3.8, 4) is 0 Å². The number of benzene rings is 1. The molecule has 6 heteroatoms. The topological polar surface area (TPSA) is 62.6 Å². The molecular weight excluding hydrogens is 348 g/mol. The lowest BCUT2D eigenvalue weighted by atomic mass is 9.81. The molecule has 1 N–H and O–H groups in total. The second-order valence-electron chi connectivity index (χ2n) is 7.67. The number of sulfonamides is 1. The van der Waals surface area contributed by atoms with Gasteiger partial charge in [0, 0.05) is 17.0 Å². The summed E-state index contributed by atoms with van der Waals surface area (Å²) in [6, 6.07) is 8.53. The van der Waals surface area contributed by atoms with E-state index in [1.165, 1.54) is 25.8 Å². The highest BCUT2D eigenvalue weighted by molar-refractivity contribution is 7.92. The van der Waals surface area contributed by atoms with Crippen LogP contribution in [0.15, 0.2) is 28.7 Å². The zero-order valence-corrected chi connectivity index (χ0v) is 16.2. The molecule has 2 saturated heterocycles. The summed E-state index contributed by atoms with van der Waals surface area (Å²) in [6.07, 6.45) is 6.59. The number of hydrogen-bond donors (Lipinski definition) is 1. The molecule has 1 aromatic heterocycles. The van der Waals surface area contributed by atoms with Gasteiger partial charge in [0.1, 0.15) is 5.58 Å². The molecule has 2 aromatic rings.